The Morgan fingerprint density at radius 3 is 2.43 bits per heavy atom. The molecular weight excluding hydrogens is 401 g/mol. The third kappa shape index (κ3) is 4.12. The Kier molecular flexibility index (Phi) is 6.16. The average molecular weight is 428 g/mol. The normalized spacial score (nSPS) is 24.7. The molecule has 2 aromatic carbocycles. The predicted molar refractivity (Wildman–Crippen MR) is 118 cm³/mol. The Morgan fingerprint density at radius 2 is 1.87 bits per heavy atom. The molecular formula is C24H26FNO3S. The largest absolute Gasteiger partial charge is 0.441 e. The number of carbonyl (C=O) groups is 1. The van der Waals surface area contributed by atoms with E-state index in [1.54, 1.807) is 28.8 Å². The summed E-state index contributed by atoms with van der Waals surface area (Å²) in [7, 11) is 0. The summed E-state index contributed by atoms with van der Waals surface area (Å²) in [5.74, 6) is -0.253. The van der Waals surface area contributed by atoms with Crippen LogP contribution in [0.4, 0.5) is 9.18 Å². The molecule has 0 spiro atoms. The average Bonchev–Trinajstić information content (AvgIpc) is 3.30. The molecule has 1 N–H and O–H groups in total. The first-order valence-electron chi connectivity index (χ1n) is 10.3. The van der Waals surface area contributed by atoms with E-state index in [0.717, 1.165) is 23.1 Å². The summed E-state index contributed by atoms with van der Waals surface area (Å²) in [6.07, 6.45) is 3.80. The first-order valence-corrected chi connectivity index (χ1v) is 11.2. The quantitative estimate of drug-likeness (QED) is 0.658. The minimum absolute atomic E-state index is 0.00470. The monoisotopic (exact) mass is 427 g/mol. The van der Waals surface area contributed by atoms with Crippen LogP contribution < -0.4 is 0 Å². The number of aliphatic hydroxyl groups is 1. The van der Waals surface area contributed by atoms with E-state index in [0.29, 0.717) is 19.4 Å². The van der Waals surface area contributed by atoms with Crippen LogP contribution in [0.25, 0.3) is 11.1 Å². The van der Waals surface area contributed by atoms with Crippen molar-refractivity contribution >= 4 is 17.9 Å². The van der Waals surface area contributed by atoms with Crippen molar-refractivity contribution in [1.29, 1.82) is 0 Å². The Labute approximate surface area is 180 Å². The zero-order valence-corrected chi connectivity index (χ0v) is 17.8. The molecule has 158 valence electrons. The topological polar surface area (TPSA) is 49.8 Å². The van der Waals surface area contributed by atoms with Crippen molar-refractivity contribution in [2.24, 2.45) is 0 Å². The SMILES string of the molecule is C[C@@H](c1ccc(-c2ccc(F)cc2)cc1)N1CC[C@](CCO)(C2CC=CS2)OC1=O. The van der Waals surface area contributed by atoms with Crippen LogP contribution in [0, 0.1) is 5.82 Å². The Balaban J connectivity index is 1.46. The molecule has 1 unspecified atom stereocenters. The highest BCUT2D eigenvalue weighted by atomic mass is 32.2. The number of halogens is 1. The van der Waals surface area contributed by atoms with Gasteiger partial charge in [0.25, 0.3) is 0 Å². The number of benzene rings is 2. The highest BCUT2D eigenvalue weighted by Gasteiger charge is 2.47. The van der Waals surface area contributed by atoms with Crippen LogP contribution >= 0.6 is 11.8 Å². The first kappa shape index (κ1) is 20.9. The second-order valence-corrected chi connectivity index (χ2v) is 9.00. The maximum atomic E-state index is 13.1. The summed E-state index contributed by atoms with van der Waals surface area (Å²) in [5.41, 5.74) is 2.36. The van der Waals surface area contributed by atoms with Gasteiger partial charge in [0.15, 0.2) is 0 Å². The van der Waals surface area contributed by atoms with E-state index in [4.69, 9.17) is 4.74 Å². The van der Waals surface area contributed by atoms with Crippen LogP contribution in [-0.4, -0.2) is 40.1 Å². The standard InChI is InChI=1S/C24H26FNO3S/c1-17(18-4-6-19(7-5-18)20-8-10-21(25)11-9-20)26-14-12-24(13-15-27,29-23(26)28)22-3-2-16-30-22/h2,4-11,16-17,22,27H,3,12-15H2,1H3/t17-,22?,24-/m0/s1. The van der Waals surface area contributed by atoms with Gasteiger partial charge in [-0.15, -0.1) is 11.8 Å². The predicted octanol–water partition coefficient (Wildman–Crippen LogP) is 5.54. The maximum absolute atomic E-state index is 13.1. The lowest BCUT2D eigenvalue weighted by Gasteiger charge is -2.45. The van der Waals surface area contributed by atoms with E-state index in [1.807, 2.05) is 31.2 Å². The fourth-order valence-corrected chi connectivity index (χ4v) is 5.46. The summed E-state index contributed by atoms with van der Waals surface area (Å²) >= 11 is 1.69. The molecule has 2 aromatic rings. The van der Waals surface area contributed by atoms with Crippen LogP contribution in [0.1, 0.15) is 37.8 Å². The van der Waals surface area contributed by atoms with Gasteiger partial charge in [0.2, 0.25) is 0 Å². The van der Waals surface area contributed by atoms with Gasteiger partial charge in [0.05, 0.1) is 11.3 Å². The zero-order valence-electron chi connectivity index (χ0n) is 17.0. The van der Waals surface area contributed by atoms with Crippen molar-refractivity contribution in [2.75, 3.05) is 13.2 Å². The molecule has 0 saturated carbocycles. The van der Waals surface area contributed by atoms with Crippen molar-refractivity contribution in [3.05, 3.63) is 71.4 Å². The molecule has 2 aliphatic heterocycles. The van der Waals surface area contributed by atoms with Gasteiger partial charge in [0.1, 0.15) is 11.4 Å². The number of amides is 1. The van der Waals surface area contributed by atoms with Gasteiger partial charge in [-0.25, -0.2) is 9.18 Å². The number of thioether (sulfide) groups is 1. The van der Waals surface area contributed by atoms with E-state index in [1.165, 1.54) is 12.1 Å². The molecule has 0 aromatic heterocycles. The van der Waals surface area contributed by atoms with Crippen molar-refractivity contribution in [3.8, 4) is 11.1 Å². The molecule has 4 rings (SSSR count). The van der Waals surface area contributed by atoms with E-state index < -0.39 is 5.60 Å². The van der Waals surface area contributed by atoms with Crippen molar-refractivity contribution in [3.63, 3.8) is 0 Å². The van der Waals surface area contributed by atoms with Gasteiger partial charge in [0, 0.05) is 26.0 Å². The second kappa shape index (κ2) is 8.82. The smallest absolute Gasteiger partial charge is 0.410 e. The molecule has 30 heavy (non-hydrogen) atoms. The third-order valence-electron chi connectivity index (χ3n) is 6.15. The molecule has 6 heteroatoms. The van der Waals surface area contributed by atoms with E-state index >= 15 is 0 Å². The summed E-state index contributed by atoms with van der Waals surface area (Å²) < 4.78 is 19.1. The Bertz CT molecular complexity index is 907. The van der Waals surface area contributed by atoms with Crippen molar-refractivity contribution in [1.82, 2.24) is 4.90 Å². The van der Waals surface area contributed by atoms with Crippen LogP contribution in [0.3, 0.4) is 0 Å². The van der Waals surface area contributed by atoms with Gasteiger partial charge in [-0.1, -0.05) is 42.5 Å². The Morgan fingerprint density at radius 1 is 1.20 bits per heavy atom. The third-order valence-corrected chi connectivity index (χ3v) is 7.45. The lowest BCUT2D eigenvalue weighted by molar-refractivity contribution is -0.0671. The number of cyclic esters (lactones) is 1. The fourth-order valence-electron chi connectivity index (χ4n) is 4.29. The number of aliphatic hydroxyl groups excluding tert-OH is 1. The molecule has 1 fully saturated rings. The number of nitrogens with zero attached hydrogens (tertiary/aromatic N) is 1. The van der Waals surface area contributed by atoms with E-state index in [2.05, 4.69) is 11.5 Å². The van der Waals surface area contributed by atoms with Gasteiger partial charge >= 0.3 is 6.09 Å². The van der Waals surface area contributed by atoms with Crippen LogP contribution in [0.5, 0.6) is 0 Å². The van der Waals surface area contributed by atoms with Gasteiger partial charge in [-0.05, 0) is 47.6 Å². The second-order valence-electron chi connectivity index (χ2n) is 7.89. The first-order chi connectivity index (χ1) is 14.5. The summed E-state index contributed by atoms with van der Waals surface area (Å²) in [4.78, 5) is 14.7. The van der Waals surface area contributed by atoms with E-state index in [9.17, 15) is 14.3 Å². The number of carbonyl (C=O) groups excluding carboxylic acids is 1. The number of ether oxygens (including phenoxy) is 1. The molecule has 3 atom stereocenters. The van der Waals surface area contributed by atoms with E-state index in [-0.39, 0.29) is 29.8 Å². The number of hydrogen-bond acceptors (Lipinski definition) is 4. The Hall–Kier alpha value is -2.31. The van der Waals surface area contributed by atoms with Gasteiger partial charge in [-0.2, -0.15) is 0 Å². The van der Waals surface area contributed by atoms with Crippen molar-refractivity contribution < 1.29 is 19.0 Å². The fraction of sp³-hybridized carbons (Fsp3) is 0.375. The van der Waals surface area contributed by atoms with Gasteiger partial charge < -0.3 is 14.7 Å². The zero-order chi connectivity index (χ0) is 21.1. The lowest BCUT2D eigenvalue weighted by atomic mass is 9.88. The minimum atomic E-state index is -0.608. The molecule has 0 radical (unpaired) electrons. The molecule has 1 amide bonds. The number of hydrogen-bond donors (Lipinski definition) is 1. The molecule has 0 aliphatic carbocycles. The highest BCUT2D eigenvalue weighted by Crippen LogP contribution is 2.43. The van der Waals surface area contributed by atoms with Crippen molar-refractivity contribution in [2.45, 2.75) is 43.1 Å². The summed E-state index contributed by atoms with van der Waals surface area (Å²) in [6, 6.07) is 14.3. The number of rotatable bonds is 6. The lowest BCUT2D eigenvalue weighted by Crippen LogP contribution is -2.55. The van der Waals surface area contributed by atoms with Crippen LogP contribution in [-0.2, 0) is 4.74 Å². The summed E-state index contributed by atoms with van der Waals surface area (Å²) in [6.45, 7) is 2.60. The molecule has 2 aliphatic rings. The molecule has 2 heterocycles. The molecule has 1 saturated heterocycles. The highest BCUT2D eigenvalue weighted by molar-refractivity contribution is 8.03. The van der Waals surface area contributed by atoms with Crippen LogP contribution in [0.15, 0.2) is 60.0 Å². The maximum Gasteiger partial charge on any atom is 0.410 e. The van der Waals surface area contributed by atoms with Crippen LogP contribution in [0.2, 0.25) is 0 Å². The summed E-state index contributed by atoms with van der Waals surface area (Å²) in [5, 5.41) is 11.8. The van der Waals surface area contributed by atoms with Gasteiger partial charge in [-0.3, -0.25) is 0 Å². The minimum Gasteiger partial charge on any atom is -0.441 e. The number of allylic oxidation sites excluding steroid dienone is 1. The molecule has 0 bridgehead atoms. The molecule has 4 nitrogen and oxygen atoms in total.